The highest BCUT2D eigenvalue weighted by atomic mass is 79.9. The van der Waals surface area contributed by atoms with Crippen LogP contribution in [0.4, 0.5) is 5.69 Å². The maximum absolute atomic E-state index is 13.0. The number of methoxy groups -OCH3 is 1. The number of ether oxygens (including phenoxy) is 1. The van der Waals surface area contributed by atoms with E-state index in [1.54, 1.807) is 30.0 Å². The summed E-state index contributed by atoms with van der Waals surface area (Å²) >= 11 is 4.62. The van der Waals surface area contributed by atoms with Crippen molar-refractivity contribution in [3.05, 3.63) is 69.6 Å². The third kappa shape index (κ3) is 4.79. The molecule has 0 atom stereocenters. The number of aromatic nitrogens is 3. The van der Waals surface area contributed by atoms with Gasteiger partial charge in [0.15, 0.2) is 5.16 Å². The summed E-state index contributed by atoms with van der Waals surface area (Å²) in [6, 6.07) is 14.7. The molecule has 1 amide bonds. The number of hydrogen-bond donors (Lipinski definition) is 1. The summed E-state index contributed by atoms with van der Waals surface area (Å²) in [7, 11) is 1.58. The molecule has 31 heavy (non-hydrogen) atoms. The number of rotatable bonds is 7. The fraction of sp³-hybridized carbons (Fsp3) is 0.182. The van der Waals surface area contributed by atoms with Crippen LogP contribution in [-0.4, -0.2) is 39.9 Å². The number of hydrogen-bond acceptors (Lipinski definition) is 6. The Kier molecular flexibility index (Phi) is 6.64. The molecule has 0 unspecified atom stereocenters. The van der Waals surface area contributed by atoms with Crippen molar-refractivity contribution in [2.24, 2.45) is 0 Å². The second kappa shape index (κ2) is 9.59. The van der Waals surface area contributed by atoms with Crippen molar-refractivity contribution in [2.75, 3.05) is 24.8 Å². The monoisotopic (exact) mass is 498 g/mol. The summed E-state index contributed by atoms with van der Waals surface area (Å²) in [5, 5.41) is 4.80. The molecule has 0 aliphatic rings. The number of benzene rings is 2. The topological polar surface area (TPSA) is 86.1 Å². The minimum Gasteiger partial charge on any atom is -0.383 e. The number of thioether (sulfide) groups is 1. The molecular weight excluding hydrogens is 480 g/mol. The third-order valence-electron chi connectivity index (χ3n) is 4.65. The number of pyridine rings is 1. The molecule has 0 saturated heterocycles. The molecular formula is C22H19BrN4O3S. The normalized spacial score (nSPS) is 11.2. The van der Waals surface area contributed by atoms with Crippen LogP contribution in [0.25, 0.3) is 21.8 Å². The van der Waals surface area contributed by atoms with Crippen molar-refractivity contribution in [3.8, 4) is 0 Å². The Labute approximate surface area is 191 Å². The lowest BCUT2D eigenvalue weighted by Crippen LogP contribution is -2.26. The van der Waals surface area contributed by atoms with E-state index in [2.05, 4.69) is 31.2 Å². The molecule has 4 rings (SSSR count). The third-order valence-corrected chi connectivity index (χ3v) is 6.12. The lowest BCUT2D eigenvalue weighted by molar-refractivity contribution is -0.113. The van der Waals surface area contributed by atoms with Gasteiger partial charge in [-0.3, -0.25) is 19.1 Å². The van der Waals surface area contributed by atoms with E-state index in [4.69, 9.17) is 4.74 Å². The first-order chi connectivity index (χ1) is 15.1. The highest BCUT2D eigenvalue weighted by molar-refractivity contribution is 9.10. The fourth-order valence-corrected chi connectivity index (χ4v) is 4.38. The van der Waals surface area contributed by atoms with E-state index in [9.17, 15) is 9.59 Å². The number of nitrogens with one attached hydrogen (secondary N) is 1. The van der Waals surface area contributed by atoms with Crippen molar-refractivity contribution in [1.82, 2.24) is 14.5 Å². The molecule has 158 valence electrons. The van der Waals surface area contributed by atoms with Gasteiger partial charge in [0.25, 0.3) is 5.56 Å². The Hall–Kier alpha value is -2.75. The van der Waals surface area contributed by atoms with Crippen LogP contribution in [0.3, 0.4) is 0 Å². The molecule has 0 spiro atoms. The predicted molar refractivity (Wildman–Crippen MR) is 127 cm³/mol. The van der Waals surface area contributed by atoms with Crippen molar-refractivity contribution < 1.29 is 9.53 Å². The number of carbonyl (C=O) groups is 1. The van der Waals surface area contributed by atoms with Gasteiger partial charge in [0.2, 0.25) is 5.91 Å². The van der Waals surface area contributed by atoms with Crippen molar-refractivity contribution >= 4 is 61.1 Å². The molecule has 2 aromatic carbocycles. The Bertz CT molecular complexity index is 1320. The van der Waals surface area contributed by atoms with E-state index in [0.29, 0.717) is 34.9 Å². The van der Waals surface area contributed by atoms with E-state index < -0.39 is 0 Å². The van der Waals surface area contributed by atoms with Gasteiger partial charge in [0.05, 0.1) is 41.0 Å². The largest absolute Gasteiger partial charge is 0.383 e. The van der Waals surface area contributed by atoms with Gasteiger partial charge >= 0.3 is 0 Å². The Balaban J connectivity index is 1.58. The zero-order valence-electron chi connectivity index (χ0n) is 16.7. The second-order valence-electron chi connectivity index (χ2n) is 6.72. The highest BCUT2D eigenvalue weighted by Gasteiger charge is 2.14. The van der Waals surface area contributed by atoms with Gasteiger partial charge in [-0.2, -0.15) is 0 Å². The van der Waals surface area contributed by atoms with E-state index in [1.165, 1.54) is 11.8 Å². The number of amides is 1. The summed E-state index contributed by atoms with van der Waals surface area (Å²) in [5.41, 5.74) is 1.93. The highest BCUT2D eigenvalue weighted by Crippen LogP contribution is 2.23. The van der Waals surface area contributed by atoms with E-state index in [1.807, 2.05) is 36.4 Å². The standard InChI is InChI=1S/C22H19BrN4O3S/c1-30-11-10-27-21(29)16-12-14(23)7-8-19(16)26-22(27)31-13-20(28)25-18-6-2-5-17-15(18)4-3-9-24-17/h2-9,12H,10-11,13H2,1H3,(H,25,28). The van der Waals surface area contributed by atoms with Crippen LogP contribution in [0.5, 0.6) is 0 Å². The maximum atomic E-state index is 13.0. The van der Waals surface area contributed by atoms with Gasteiger partial charge in [-0.25, -0.2) is 4.98 Å². The number of fused-ring (bicyclic) bond motifs is 2. The minimum atomic E-state index is -0.190. The van der Waals surface area contributed by atoms with Gasteiger partial charge in [-0.15, -0.1) is 0 Å². The zero-order valence-corrected chi connectivity index (χ0v) is 19.1. The summed E-state index contributed by atoms with van der Waals surface area (Å²) in [5.74, 6) is -0.0808. The average Bonchev–Trinajstić information content (AvgIpc) is 2.78. The molecule has 2 aromatic heterocycles. The van der Waals surface area contributed by atoms with Crippen LogP contribution in [0.1, 0.15) is 0 Å². The van der Waals surface area contributed by atoms with Gasteiger partial charge in [0.1, 0.15) is 0 Å². The second-order valence-corrected chi connectivity index (χ2v) is 8.58. The Morgan fingerprint density at radius 3 is 2.87 bits per heavy atom. The van der Waals surface area contributed by atoms with Gasteiger partial charge in [0, 0.05) is 23.2 Å². The molecule has 0 bridgehead atoms. The molecule has 0 fully saturated rings. The molecule has 1 N–H and O–H groups in total. The molecule has 4 aromatic rings. The van der Waals surface area contributed by atoms with Crippen LogP contribution in [-0.2, 0) is 16.1 Å². The zero-order chi connectivity index (χ0) is 21.8. The van der Waals surface area contributed by atoms with Crippen LogP contribution in [0.15, 0.2) is 69.2 Å². The van der Waals surface area contributed by atoms with E-state index >= 15 is 0 Å². The summed E-state index contributed by atoms with van der Waals surface area (Å²) in [6.07, 6.45) is 1.72. The van der Waals surface area contributed by atoms with Crippen LogP contribution in [0.2, 0.25) is 0 Å². The first-order valence-corrected chi connectivity index (χ1v) is 11.3. The van der Waals surface area contributed by atoms with Crippen molar-refractivity contribution in [2.45, 2.75) is 11.7 Å². The lowest BCUT2D eigenvalue weighted by atomic mass is 10.2. The van der Waals surface area contributed by atoms with Crippen LogP contribution in [0, 0.1) is 0 Å². The maximum Gasteiger partial charge on any atom is 0.262 e. The molecule has 0 aliphatic carbocycles. The van der Waals surface area contributed by atoms with Gasteiger partial charge in [-0.05, 0) is 42.5 Å². The summed E-state index contributed by atoms with van der Waals surface area (Å²) in [4.78, 5) is 34.6. The number of nitrogens with zero attached hydrogens (tertiary/aromatic N) is 3. The van der Waals surface area contributed by atoms with Gasteiger partial charge in [-0.1, -0.05) is 33.8 Å². The smallest absolute Gasteiger partial charge is 0.262 e. The quantitative estimate of drug-likeness (QED) is 0.305. The number of halogens is 1. The average molecular weight is 499 g/mol. The molecule has 0 saturated carbocycles. The molecule has 9 heteroatoms. The summed E-state index contributed by atoms with van der Waals surface area (Å²) in [6.45, 7) is 0.716. The predicted octanol–water partition coefficient (Wildman–Crippen LogP) is 4.08. The first kappa shape index (κ1) is 21.5. The van der Waals surface area contributed by atoms with Crippen molar-refractivity contribution in [1.29, 1.82) is 0 Å². The Morgan fingerprint density at radius 2 is 2.03 bits per heavy atom. The van der Waals surface area contributed by atoms with E-state index in [-0.39, 0.29) is 17.2 Å². The molecule has 0 radical (unpaired) electrons. The van der Waals surface area contributed by atoms with Crippen LogP contribution >= 0.6 is 27.7 Å². The number of anilines is 1. The molecule has 7 nitrogen and oxygen atoms in total. The first-order valence-electron chi connectivity index (χ1n) is 9.52. The SMILES string of the molecule is COCCn1c(SCC(=O)Nc2cccc3ncccc23)nc2ccc(Br)cc2c1=O. The lowest BCUT2D eigenvalue weighted by Gasteiger charge is -2.13. The summed E-state index contributed by atoms with van der Waals surface area (Å²) < 4.78 is 7.51. The van der Waals surface area contributed by atoms with Gasteiger partial charge < -0.3 is 10.1 Å². The molecule has 0 aliphatic heterocycles. The van der Waals surface area contributed by atoms with Crippen molar-refractivity contribution in [3.63, 3.8) is 0 Å². The number of carbonyl (C=O) groups excluding carboxylic acids is 1. The molecule has 2 heterocycles. The van der Waals surface area contributed by atoms with E-state index in [0.717, 1.165) is 15.4 Å². The Morgan fingerprint density at radius 1 is 1.16 bits per heavy atom. The fourth-order valence-electron chi connectivity index (χ4n) is 3.19. The van der Waals surface area contributed by atoms with Crippen LogP contribution < -0.4 is 10.9 Å². The minimum absolute atomic E-state index is 0.109.